The zero-order valence-corrected chi connectivity index (χ0v) is 12.9. The zero-order valence-electron chi connectivity index (χ0n) is 12.9. The first-order valence-corrected chi connectivity index (χ1v) is 7.23. The van der Waals surface area contributed by atoms with Crippen LogP contribution in [-0.4, -0.2) is 28.1 Å². The fourth-order valence-corrected chi connectivity index (χ4v) is 2.27. The molecule has 0 aliphatic rings. The molecule has 0 spiro atoms. The fourth-order valence-electron chi connectivity index (χ4n) is 2.27. The number of pyridine rings is 2. The van der Waals surface area contributed by atoms with Gasteiger partial charge in [0.25, 0.3) is 5.91 Å². The largest absolute Gasteiger partial charge is 0.503 e. The van der Waals surface area contributed by atoms with E-state index in [4.69, 9.17) is 4.74 Å². The normalized spacial score (nSPS) is 10.2. The zero-order chi connectivity index (χ0) is 16.9. The number of ether oxygens (including phenoxy) is 1. The van der Waals surface area contributed by atoms with Crippen molar-refractivity contribution in [2.75, 3.05) is 12.4 Å². The third kappa shape index (κ3) is 3.17. The Morgan fingerprint density at radius 1 is 1.12 bits per heavy atom. The molecule has 1 aromatic carbocycles. The van der Waals surface area contributed by atoms with Gasteiger partial charge >= 0.3 is 0 Å². The number of hydrogen-bond donors (Lipinski definition) is 2. The van der Waals surface area contributed by atoms with Crippen LogP contribution in [-0.2, 0) is 0 Å². The highest BCUT2D eigenvalue weighted by molar-refractivity contribution is 6.05. The first-order chi connectivity index (χ1) is 11.7. The van der Waals surface area contributed by atoms with Gasteiger partial charge in [-0.25, -0.2) is 4.98 Å². The van der Waals surface area contributed by atoms with Gasteiger partial charge in [0, 0.05) is 35.9 Å². The van der Waals surface area contributed by atoms with E-state index in [-0.39, 0.29) is 17.2 Å². The highest BCUT2D eigenvalue weighted by Gasteiger charge is 2.17. The Labute approximate surface area is 138 Å². The second-order valence-electron chi connectivity index (χ2n) is 4.99. The minimum atomic E-state index is -0.519. The summed E-state index contributed by atoms with van der Waals surface area (Å²) in [6.07, 6.45) is 4.85. The van der Waals surface area contributed by atoms with Crippen LogP contribution in [0.4, 0.5) is 5.69 Å². The van der Waals surface area contributed by atoms with E-state index in [0.717, 1.165) is 11.1 Å². The molecule has 1 amide bonds. The van der Waals surface area contributed by atoms with Crippen LogP contribution in [0.2, 0.25) is 0 Å². The summed E-state index contributed by atoms with van der Waals surface area (Å²) in [5.74, 6) is -0.616. The van der Waals surface area contributed by atoms with Crippen LogP contribution >= 0.6 is 0 Å². The lowest BCUT2D eigenvalue weighted by Crippen LogP contribution is -2.14. The van der Waals surface area contributed by atoms with E-state index in [1.165, 1.54) is 19.4 Å². The van der Waals surface area contributed by atoms with Crippen LogP contribution in [0.5, 0.6) is 11.5 Å². The second kappa shape index (κ2) is 6.78. The molecule has 0 saturated carbocycles. The van der Waals surface area contributed by atoms with Gasteiger partial charge in [0.05, 0.1) is 7.11 Å². The molecule has 120 valence electrons. The van der Waals surface area contributed by atoms with Gasteiger partial charge in [0.1, 0.15) is 0 Å². The van der Waals surface area contributed by atoms with Crippen molar-refractivity contribution in [1.82, 2.24) is 9.97 Å². The van der Waals surface area contributed by atoms with Gasteiger partial charge in [-0.15, -0.1) is 0 Å². The molecule has 24 heavy (non-hydrogen) atoms. The summed E-state index contributed by atoms with van der Waals surface area (Å²) >= 11 is 0. The Hall–Kier alpha value is -3.41. The molecule has 6 heteroatoms. The second-order valence-corrected chi connectivity index (χ2v) is 4.99. The smallest absolute Gasteiger partial charge is 0.278 e. The summed E-state index contributed by atoms with van der Waals surface area (Å²) in [6, 6.07) is 12.6. The number of carbonyl (C=O) groups excluding carboxylic acids is 1. The standard InChI is InChI=1S/C18H15N3O3/c1-24-15-7-9-20-16(17(15)22)18(23)21-14-6-2-4-12(10-14)13-5-3-8-19-11-13/h2-11,22H,1H3,(H,21,23). The molecule has 0 aliphatic carbocycles. The maximum absolute atomic E-state index is 12.3. The minimum absolute atomic E-state index is 0.0962. The van der Waals surface area contributed by atoms with E-state index < -0.39 is 5.91 Å². The van der Waals surface area contributed by atoms with Crippen molar-refractivity contribution in [1.29, 1.82) is 0 Å². The Bertz CT molecular complexity index is 866. The molecule has 2 aromatic heterocycles. The van der Waals surface area contributed by atoms with Gasteiger partial charge < -0.3 is 15.2 Å². The quantitative estimate of drug-likeness (QED) is 0.771. The summed E-state index contributed by atoms with van der Waals surface area (Å²) in [7, 11) is 1.41. The lowest BCUT2D eigenvalue weighted by atomic mass is 10.1. The van der Waals surface area contributed by atoms with E-state index in [2.05, 4.69) is 15.3 Å². The van der Waals surface area contributed by atoms with Gasteiger partial charge in [0.2, 0.25) is 0 Å². The molecule has 0 radical (unpaired) electrons. The van der Waals surface area contributed by atoms with Crippen LogP contribution in [0.25, 0.3) is 11.1 Å². The van der Waals surface area contributed by atoms with Crippen LogP contribution in [0, 0.1) is 0 Å². The van der Waals surface area contributed by atoms with Gasteiger partial charge in [-0.05, 0) is 23.8 Å². The van der Waals surface area contributed by atoms with Gasteiger partial charge in [-0.2, -0.15) is 0 Å². The molecule has 6 nitrogen and oxygen atoms in total. The molecule has 3 rings (SSSR count). The molecule has 3 aromatic rings. The molecule has 2 N–H and O–H groups in total. The van der Waals surface area contributed by atoms with Crippen molar-refractivity contribution in [3.63, 3.8) is 0 Å². The number of rotatable bonds is 4. The highest BCUT2D eigenvalue weighted by Crippen LogP contribution is 2.28. The third-order valence-corrected chi connectivity index (χ3v) is 3.44. The SMILES string of the molecule is COc1ccnc(C(=O)Nc2cccc(-c3cccnc3)c2)c1O. The Morgan fingerprint density at radius 3 is 2.71 bits per heavy atom. The van der Waals surface area contributed by atoms with Crippen LogP contribution < -0.4 is 10.1 Å². The maximum Gasteiger partial charge on any atom is 0.278 e. The Morgan fingerprint density at radius 2 is 1.96 bits per heavy atom. The highest BCUT2D eigenvalue weighted by atomic mass is 16.5. The van der Waals surface area contributed by atoms with Crippen LogP contribution in [0.1, 0.15) is 10.5 Å². The van der Waals surface area contributed by atoms with Crippen molar-refractivity contribution in [2.24, 2.45) is 0 Å². The topological polar surface area (TPSA) is 84.3 Å². The Kier molecular flexibility index (Phi) is 4.38. The van der Waals surface area contributed by atoms with E-state index in [1.807, 2.05) is 30.3 Å². The predicted octanol–water partition coefficient (Wildman–Crippen LogP) is 3.11. The number of anilines is 1. The number of nitrogens with zero attached hydrogens (tertiary/aromatic N) is 2. The molecular weight excluding hydrogens is 306 g/mol. The van der Waals surface area contributed by atoms with E-state index in [1.54, 1.807) is 18.5 Å². The fraction of sp³-hybridized carbons (Fsp3) is 0.0556. The lowest BCUT2D eigenvalue weighted by Gasteiger charge is -2.09. The van der Waals surface area contributed by atoms with Crippen molar-refractivity contribution in [3.8, 4) is 22.6 Å². The number of aromatic nitrogens is 2. The molecule has 0 bridgehead atoms. The van der Waals surface area contributed by atoms with Crippen molar-refractivity contribution in [2.45, 2.75) is 0 Å². The van der Waals surface area contributed by atoms with Crippen LogP contribution in [0.3, 0.4) is 0 Å². The van der Waals surface area contributed by atoms with Gasteiger partial charge in [-0.1, -0.05) is 18.2 Å². The number of carbonyl (C=O) groups is 1. The summed E-state index contributed by atoms with van der Waals surface area (Å²) in [5, 5.41) is 12.7. The minimum Gasteiger partial charge on any atom is -0.503 e. The number of nitrogens with one attached hydrogen (secondary N) is 1. The molecule has 0 aliphatic heterocycles. The monoisotopic (exact) mass is 321 g/mol. The Balaban J connectivity index is 1.85. The van der Waals surface area contributed by atoms with Crippen molar-refractivity contribution < 1.29 is 14.6 Å². The third-order valence-electron chi connectivity index (χ3n) is 3.44. The molecule has 0 fully saturated rings. The molecular formula is C18H15N3O3. The number of amides is 1. The molecule has 0 atom stereocenters. The number of aromatic hydroxyl groups is 1. The average molecular weight is 321 g/mol. The average Bonchev–Trinajstić information content (AvgIpc) is 2.63. The van der Waals surface area contributed by atoms with Gasteiger partial charge in [-0.3, -0.25) is 9.78 Å². The van der Waals surface area contributed by atoms with E-state index in [0.29, 0.717) is 5.69 Å². The summed E-state index contributed by atoms with van der Waals surface area (Å²) in [5.41, 5.74) is 2.35. The van der Waals surface area contributed by atoms with Crippen LogP contribution in [0.15, 0.2) is 61.1 Å². The van der Waals surface area contributed by atoms with Crippen molar-refractivity contribution in [3.05, 3.63) is 66.7 Å². The predicted molar refractivity (Wildman–Crippen MR) is 90.1 cm³/mol. The number of methoxy groups -OCH3 is 1. The number of benzene rings is 1. The summed E-state index contributed by atoms with van der Waals surface area (Å²) in [6.45, 7) is 0. The molecule has 0 saturated heterocycles. The van der Waals surface area contributed by atoms with Gasteiger partial charge in [0.15, 0.2) is 17.2 Å². The molecule has 2 heterocycles. The first kappa shape index (κ1) is 15.5. The maximum atomic E-state index is 12.3. The van der Waals surface area contributed by atoms with E-state index >= 15 is 0 Å². The lowest BCUT2D eigenvalue weighted by molar-refractivity contribution is 0.101. The summed E-state index contributed by atoms with van der Waals surface area (Å²) < 4.78 is 4.99. The first-order valence-electron chi connectivity index (χ1n) is 7.23. The molecule has 0 unspecified atom stereocenters. The summed E-state index contributed by atoms with van der Waals surface area (Å²) in [4.78, 5) is 20.3. The number of hydrogen-bond acceptors (Lipinski definition) is 5. The van der Waals surface area contributed by atoms with E-state index in [9.17, 15) is 9.90 Å². The van der Waals surface area contributed by atoms with Crippen molar-refractivity contribution >= 4 is 11.6 Å².